The van der Waals surface area contributed by atoms with Gasteiger partial charge in [0.15, 0.2) is 0 Å². The number of hydrogen-bond donors (Lipinski definition) is 0. The Hall–Kier alpha value is -1.06. The minimum atomic E-state index is -0.470. The smallest absolute Gasteiger partial charge is 0.410 e. The molecule has 1 unspecified atom stereocenters. The van der Waals surface area contributed by atoms with E-state index in [-0.39, 0.29) is 17.4 Å². The van der Waals surface area contributed by atoms with Crippen LogP contribution < -0.4 is 0 Å². The Bertz CT molecular complexity index is 328. The molecule has 1 atom stereocenters. The molecule has 0 radical (unpaired) electrons. The van der Waals surface area contributed by atoms with Crippen LogP contribution in [-0.2, 0) is 9.53 Å². The molecule has 1 heterocycles. The molecule has 0 aromatic heterocycles. The topological polar surface area (TPSA) is 46.6 Å². The maximum absolute atomic E-state index is 12.0. The largest absolute Gasteiger partial charge is 0.444 e. The maximum atomic E-state index is 12.0. The summed E-state index contributed by atoms with van der Waals surface area (Å²) in [5.41, 5.74) is -0.247. The van der Waals surface area contributed by atoms with Gasteiger partial charge in [-0.15, -0.1) is 0 Å². The van der Waals surface area contributed by atoms with E-state index in [0.717, 1.165) is 32.1 Å². The molecule has 17 heavy (non-hydrogen) atoms. The van der Waals surface area contributed by atoms with E-state index in [2.05, 4.69) is 0 Å². The Morgan fingerprint density at radius 2 is 2.06 bits per heavy atom. The molecule has 1 saturated carbocycles. The van der Waals surface area contributed by atoms with Gasteiger partial charge in [0.1, 0.15) is 11.9 Å². The van der Waals surface area contributed by atoms with Crippen LogP contribution in [0, 0.1) is 11.3 Å². The molecule has 2 fully saturated rings. The predicted molar refractivity (Wildman–Crippen MR) is 63.6 cm³/mol. The summed E-state index contributed by atoms with van der Waals surface area (Å²) in [7, 11) is 0. The summed E-state index contributed by atoms with van der Waals surface area (Å²) < 4.78 is 5.36. The van der Waals surface area contributed by atoms with Crippen LogP contribution in [0.15, 0.2) is 0 Å². The molecule has 0 aromatic rings. The van der Waals surface area contributed by atoms with Crippen LogP contribution in [0.1, 0.15) is 40.0 Å². The minimum absolute atomic E-state index is 0.0150. The first-order valence-electron chi connectivity index (χ1n) is 6.27. The molecule has 1 aliphatic carbocycles. The lowest BCUT2D eigenvalue weighted by molar-refractivity contribution is -0.113. The average molecular weight is 239 g/mol. The monoisotopic (exact) mass is 239 g/mol. The Kier molecular flexibility index (Phi) is 2.92. The first-order chi connectivity index (χ1) is 7.84. The van der Waals surface area contributed by atoms with E-state index in [0.29, 0.717) is 6.54 Å². The van der Waals surface area contributed by atoms with Gasteiger partial charge in [0.25, 0.3) is 0 Å². The zero-order valence-electron chi connectivity index (χ0n) is 10.9. The number of rotatable bonds is 1. The first-order valence-corrected chi connectivity index (χ1v) is 6.27. The highest BCUT2D eigenvalue weighted by molar-refractivity contribution is 5.69. The van der Waals surface area contributed by atoms with Crippen molar-refractivity contribution in [1.82, 2.24) is 4.90 Å². The summed E-state index contributed by atoms with van der Waals surface area (Å²) in [6.07, 6.45) is 3.91. The van der Waals surface area contributed by atoms with E-state index in [4.69, 9.17) is 4.74 Å². The molecule has 0 bridgehead atoms. The van der Waals surface area contributed by atoms with Crippen molar-refractivity contribution >= 4 is 12.4 Å². The number of carbonyl (C=O) groups is 2. The molecule has 1 saturated heterocycles. The van der Waals surface area contributed by atoms with Gasteiger partial charge in [-0.05, 0) is 45.4 Å². The fourth-order valence-corrected chi connectivity index (χ4v) is 2.53. The number of carbonyl (C=O) groups excluding carboxylic acids is 2. The highest BCUT2D eigenvalue weighted by Crippen LogP contribution is 2.53. The number of aldehydes is 1. The normalized spacial score (nSPS) is 26.8. The van der Waals surface area contributed by atoms with Crippen molar-refractivity contribution in [1.29, 1.82) is 0 Å². The van der Waals surface area contributed by atoms with Crippen molar-refractivity contribution in [2.75, 3.05) is 13.1 Å². The average Bonchev–Trinajstić information content (AvgIpc) is 2.94. The molecule has 1 amide bonds. The minimum Gasteiger partial charge on any atom is -0.444 e. The Balaban J connectivity index is 2.00. The van der Waals surface area contributed by atoms with Crippen LogP contribution in [0.2, 0.25) is 0 Å². The van der Waals surface area contributed by atoms with Gasteiger partial charge in [-0.2, -0.15) is 0 Å². The second kappa shape index (κ2) is 4.00. The third-order valence-electron chi connectivity index (χ3n) is 3.48. The lowest BCUT2D eigenvalue weighted by Gasteiger charge is -2.37. The summed E-state index contributed by atoms with van der Waals surface area (Å²) in [6, 6.07) is 0. The molecule has 1 aliphatic heterocycles. The van der Waals surface area contributed by atoms with Crippen LogP contribution >= 0.6 is 0 Å². The van der Waals surface area contributed by atoms with Gasteiger partial charge in [-0.3, -0.25) is 0 Å². The first kappa shape index (κ1) is 12.4. The highest BCUT2D eigenvalue weighted by Gasteiger charge is 2.49. The van der Waals surface area contributed by atoms with Gasteiger partial charge in [0, 0.05) is 19.0 Å². The van der Waals surface area contributed by atoms with Gasteiger partial charge in [0.05, 0.1) is 0 Å². The fraction of sp³-hybridized carbons (Fsp3) is 0.846. The zero-order valence-corrected chi connectivity index (χ0v) is 10.9. The van der Waals surface area contributed by atoms with Crippen molar-refractivity contribution in [3.63, 3.8) is 0 Å². The molecule has 2 aliphatic rings. The van der Waals surface area contributed by atoms with Gasteiger partial charge in [-0.1, -0.05) is 0 Å². The van der Waals surface area contributed by atoms with E-state index in [1.165, 1.54) is 0 Å². The summed E-state index contributed by atoms with van der Waals surface area (Å²) in [4.78, 5) is 24.6. The second-order valence-corrected chi connectivity index (χ2v) is 6.46. The van der Waals surface area contributed by atoms with E-state index in [1.54, 1.807) is 4.90 Å². The lowest BCUT2D eigenvalue weighted by atomic mass is 9.88. The van der Waals surface area contributed by atoms with Crippen molar-refractivity contribution in [2.45, 2.75) is 45.6 Å². The number of piperidine rings is 1. The summed E-state index contributed by atoms with van der Waals surface area (Å²) in [5, 5.41) is 0. The Morgan fingerprint density at radius 3 is 2.53 bits per heavy atom. The second-order valence-electron chi connectivity index (χ2n) is 6.46. The van der Waals surface area contributed by atoms with Gasteiger partial charge in [-0.25, -0.2) is 4.79 Å². The van der Waals surface area contributed by atoms with Crippen LogP contribution in [-0.4, -0.2) is 36.0 Å². The zero-order chi connectivity index (χ0) is 12.7. The molecule has 0 N–H and O–H groups in total. The molecule has 4 nitrogen and oxygen atoms in total. The molecule has 2 rings (SSSR count). The van der Waals surface area contributed by atoms with Crippen LogP contribution in [0.25, 0.3) is 0 Å². The lowest BCUT2D eigenvalue weighted by Crippen LogP contribution is -2.47. The molecular weight excluding hydrogens is 218 g/mol. The molecule has 1 spiro atoms. The number of likely N-dealkylation sites (tertiary alicyclic amines) is 1. The fourth-order valence-electron chi connectivity index (χ4n) is 2.53. The Morgan fingerprint density at radius 1 is 1.41 bits per heavy atom. The summed E-state index contributed by atoms with van der Waals surface area (Å²) >= 11 is 0. The third-order valence-corrected chi connectivity index (χ3v) is 3.48. The summed E-state index contributed by atoms with van der Waals surface area (Å²) in [6.45, 7) is 6.85. The molecule has 4 heteroatoms. The van der Waals surface area contributed by atoms with Gasteiger partial charge in [0.2, 0.25) is 0 Å². The van der Waals surface area contributed by atoms with Crippen LogP contribution in [0.4, 0.5) is 4.79 Å². The molecule has 96 valence electrons. The number of hydrogen-bond acceptors (Lipinski definition) is 3. The van der Waals surface area contributed by atoms with E-state index in [9.17, 15) is 9.59 Å². The SMILES string of the molecule is CC(C)(C)OC(=O)N1CC(C=O)CC2(CC2)C1. The standard InChI is InChI=1S/C13H21NO3/c1-12(2,3)17-11(16)14-7-10(8-15)6-13(9-14)4-5-13/h8,10H,4-7,9H2,1-3H3. The highest BCUT2D eigenvalue weighted by atomic mass is 16.6. The maximum Gasteiger partial charge on any atom is 0.410 e. The molecular formula is C13H21NO3. The molecule has 0 aromatic carbocycles. The quantitative estimate of drug-likeness (QED) is 0.659. The van der Waals surface area contributed by atoms with Crippen LogP contribution in [0.3, 0.4) is 0 Å². The van der Waals surface area contributed by atoms with Crippen molar-refractivity contribution in [2.24, 2.45) is 11.3 Å². The number of nitrogens with zero attached hydrogens (tertiary/aromatic N) is 1. The van der Waals surface area contributed by atoms with Crippen molar-refractivity contribution < 1.29 is 14.3 Å². The summed E-state index contributed by atoms with van der Waals surface area (Å²) in [5.74, 6) is -0.0150. The van der Waals surface area contributed by atoms with Gasteiger partial charge >= 0.3 is 6.09 Å². The van der Waals surface area contributed by atoms with Crippen molar-refractivity contribution in [3.05, 3.63) is 0 Å². The number of amides is 1. The van der Waals surface area contributed by atoms with E-state index < -0.39 is 5.60 Å². The predicted octanol–water partition coefficient (Wildman–Crippen LogP) is 2.22. The van der Waals surface area contributed by atoms with E-state index in [1.807, 2.05) is 20.8 Å². The van der Waals surface area contributed by atoms with E-state index >= 15 is 0 Å². The number of ether oxygens (including phenoxy) is 1. The van der Waals surface area contributed by atoms with Crippen LogP contribution in [0.5, 0.6) is 0 Å². The Labute approximate surface area is 102 Å². The van der Waals surface area contributed by atoms with Crippen molar-refractivity contribution in [3.8, 4) is 0 Å². The van der Waals surface area contributed by atoms with Gasteiger partial charge < -0.3 is 14.4 Å². The third kappa shape index (κ3) is 2.99.